The van der Waals surface area contributed by atoms with Gasteiger partial charge in [0, 0.05) is 31.9 Å². The molecule has 31 heavy (non-hydrogen) atoms. The zero-order valence-electron chi connectivity index (χ0n) is 16.4. The third kappa shape index (κ3) is 6.41. The number of hydrogen-bond acceptors (Lipinski definition) is 4. The summed E-state index contributed by atoms with van der Waals surface area (Å²) in [6.07, 6.45) is 0. The van der Waals surface area contributed by atoms with Gasteiger partial charge in [0.2, 0.25) is 11.8 Å². The highest BCUT2D eigenvalue weighted by atomic mass is 35.5. The predicted molar refractivity (Wildman–Crippen MR) is 116 cm³/mol. The third-order valence-electron chi connectivity index (χ3n) is 4.67. The summed E-state index contributed by atoms with van der Waals surface area (Å²) in [6.45, 7) is 1.42. The fraction of sp³-hybridized carbons (Fsp3) is 0.286. The molecular weight excluding hydrogens is 448 g/mol. The van der Waals surface area contributed by atoms with Crippen LogP contribution >= 0.6 is 23.4 Å². The Morgan fingerprint density at radius 2 is 1.52 bits per heavy atom. The molecule has 1 aliphatic heterocycles. The van der Waals surface area contributed by atoms with E-state index >= 15 is 0 Å². The Morgan fingerprint density at radius 1 is 0.903 bits per heavy atom. The first-order valence-corrected chi connectivity index (χ1v) is 11.0. The topological polar surface area (TPSA) is 69.7 Å². The summed E-state index contributed by atoms with van der Waals surface area (Å²) in [5.74, 6) is -1.38. The monoisotopic (exact) mass is 467 g/mol. The van der Waals surface area contributed by atoms with Gasteiger partial charge in [0.05, 0.1) is 22.1 Å². The molecular formula is C21H20ClF2N3O3S. The largest absolute Gasteiger partial charge is 0.338 e. The maximum Gasteiger partial charge on any atom is 0.255 e. The van der Waals surface area contributed by atoms with Gasteiger partial charge in [0.1, 0.15) is 11.6 Å². The molecule has 0 bridgehead atoms. The minimum absolute atomic E-state index is 0.0545. The fourth-order valence-electron chi connectivity index (χ4n) is 3.04. The summed E-state index contributed by atoms with van der Waals surface area (Å²) in [5, 5.41) is 2.69. The van der Waals surface area contributed by atoms with Crippen molar-refractivity contribution in [2.45, 2.75) is 0 Å². The molecule has 0 aromatic heterocycles. The molecule has 164 valence electrons. The highest BCUT2D eigenvalue weighted by Gasteiger charge is 2.26. The highest BCUT2D eigenvalue weighted by molar-refractivity contribution is 8.00. The van der Waals surface area contributed by atoms with E-state index < -0.39 is 5.82 Å². The van der Waals surface area contributed by atoms with Gasteiger partial charge in [-0.3, -0.25) is 14.4 Å². The van der Waals surface area contributed by atoms with E-state index in [9.17, 15) is 23.2 Å². The quantitative estimate of drug-likeness (QED) is 0.708. The third-order valence-corrected chi connectivity index (χ3v) is 5.90. The van der Waals surface area contributed by atoms with Gasteiger partial charge in [-0.05, 0) is 42.5 Å². The van der Waals surface area contributed by atoms with Crippen molar-refractivity contribution >= 4 is 46.8 Å². The molecule has 3 amide bonds. The zero-order valence-corrected chi connectivity index (χ0v) is 18.0. The molecule has 1 aliphatic rings. The molecule has 0 atom stereocenters. The van der Waals surface area contributed by atoms with Crippen LogP contribution in [0.5, 0.6) is 0 Å². The molecule has 0 unspecified atom stereocenters. The molecule has 0 spiro atoms. The minimum atomic E-state index is -0.513. The van der Waals surface area contributed by atoms with E-state index in [-0.39, 0.29) is 45.6 Å². The van der Waals surface area contributed by atoms with Crippen LogP contribution in [0, 0.1) is 11.6 Å². The maximum atomic E-state index is 13.2. The van der Waals surface area contributed by atoms with Gasteiger partial charge >= 0.3 is 0 Å². The van der Waals surface area contributed by atoms with Crippen LogP contribution in [0.25, 0.3) is 0 Å². The van der Waals surface area contributed by atoms with Crippen molar-refractivity contribution in [3.8, 4) is 0 Å². The Morgan fingerprint density at radius 3 is 2.16 bits per heavy atom. The van der Waals surface area contributed by atoms with Gasteiger partial charge in [-0.1, -0.05) is 11.6 Å². The average Bonchev–Trinajstić information content (AvgIpc) is 2.75. The van der Waals surface area contributed by atoms with E-state index in [0.717, 1.165) is 6.07 Å². The summed E-state index contributed by atoms with van der Waals surface area (Å²) in [7, 11) is 0. The van der Waals surface area contributed by atoms with Crippen molar-refractivity contribution < 1.29 is 23.2 Å². The molecule has 1 fully saturated rings. The Hall–Kier alpha value is -2.65. The molecule has 1 N–H and O–H groups in total. The number of thioether (sulfide) groups is 1. The number of anilines is 1. The van der Waals surface area contributed by atoms with Gasteiger partial charge in [0.15, 0.2) is 0 Å². The Balaban J connectivity index is 1.40. The first kappa shape index (κ1) is 23.0. The lowest BCUT2D eigenvalue weighted by Gasteiger charge is -2.35. The van der Waals surface area contributed by atoms with Crippen molar-refractivity contribution in [2.24, 2.45) is 0 Å². The molecule has 6 nitrogen and oxygen atoms in total. The standard InChI is InChI=1S/C21H20ClF2N3O3S/c22-18-11-15(24)3-6-17(18)21(30)27-9-7-26(8-10-27)20(29)13-31-12-19(28)25-16-4-1-14(23)2-5-16/h1-6,11H,7-10,12-13H2,(H,25,28). The lowest BCUT2D eigenvalue weighted by atomic mass is 10.1. The van der Waals surface area contributed by atoms with E-state index in [1.54, 1.807) is 9.80 Å². The summed E-state index contributed by atoms with van der Waals surface area (Å²) in [6, 6.07) is 9.05. The number of nitrogens with zero attached hydrogens (tertiary/aromatic N) is 2. The second kappa shape index (κ2) is 10.6. The number of piperazine rings is 1. The normalized spacial score (nSPS) is 13.8. The molecule has 0 aliphatic carbocycles. The van der Waals surface area contributed by atoms with E-state index in [2.05, 4.69) is 5.32 Å². The van der Waals surface area contributed by atoms with E-state index in [1.807, 2.05) is 0 Å². The number of benzene rings is 2. The van der Waals surface area contributed by atoms with E-state index in [1.165, 1.54) is 48.2 Å². The lowest BCUT2D eigenvalue weighted by molar-refractivity contribution is -0.129. The summed E-state index contributed by atoms with van der Waals surface area (Å²) < 4.78 is 26.1. The second-order valence-electron chi connectivity index (χ2n) is 6.85. The Bertz CT molecular complexity index is 967. The van der Waals surface area contributed by atoms with Crippen LogP contribution < -0.4 is 5.32 Å². The summed E-state index contributed by atoms with van der Waals surface area (Å²) in [4.78, 5) is 40.1. The number of carbonyl (C=O) groups excluding carboxylic acids is 3. The lowest BCUT2D eigenvalue weighted by Crippen LogP contribution is -2.51. The first-order chi connectivity index (χ1) is 14.8. The second-order valence-corrected chi connectivity index (χ2v) is 8.24. The average molecular weight is 468 g/mol. The number of rotatable bonds is 6. The molecule has 1 heterocycles. The van der Waals surface area contributed by atoms with Crippen molar-refractivity contribution in [1.82, 2.24) is 9.80 Å². The van der Waals surface area contributed by atoms with Crippen molar-refractivity contribution in [1.29, 1.82) is 0 Å². The minimum Gasteiger partial charge on any atom is -0.338 e. The number of halogens is 3. The number of nitrogens with one attached hydrogen (secondary N) is 1. The van der Waals surface area contributed by atoms with Crippen LogP contribution in [0.4, 0.5) is 14.5 Å². The van der Waals surface area contributed by atoms with Crippen LogP contribution in [-0.4, -0.2) is 65.2 Å². The zero-order chi connectivity index (χ0) is 22.4. The first-order valence-electron chi connectivity index (χ1n) is 9.49. The van der Waals surface area contributed by atoms with Crippen LogP contribution in [-0.2, 0) is 9.59 Å². The van der Waals surface area contributed by atoms with Gasteiger partial charge in [0.25, 0.3) is 5.91 Å². The van der Waals surface area contributed by atoms with Gasteiger partial charge in [-0.15, -0.1) is 11.8 Å². The van der Waals surface area contributed by atoms with E-state index in [0.29, 0.717) is 31.9 Å². The van der Waals surface area contributed by atoms with Crippen LogP contribution in [0.1, 0.15) is 10.4 Å². The molecule has 2 aromatic carbocycles. The molecule has 2 aromatic rings. The maximum absolute atomic E-state index is 13.2. The van der Waals surface area contributed by atoms with Gasteiger partial charge < -0.3 is 15.1 Å². The molecule has 3 rings (SSSR count). The van der Waals surface area contributed by atoms with Gasteiger partial charge in [-0.25, -0.2) is 8.78 Å². The van der Waals surface area contributed by atoms with Gasteiger partial charge in [-0.2, -0.15) is 0 Å². The molecule has 10 heteroatoms. The van der Waals surface area contributed by atoms with Crippen LogP contribution in [0.15, 0.2) is 42.5 Å². The number of hydrogen-bond donors (Lipinski definition) is 1. The number of amides is 3. The smallest absolute Gasteiger partial charge is 0.255 e. The summed E-state index contributed by atoms with van der Waals surface area (Å²) in [5.41, 5.74) is 0.714. The number of carbonyl (C=O) groups is 3. The van der Waals surface area contributed by atoms with Crippen molar-refractivity contribution in [3.05, 3.63) is 64.7 Å². The molecule has 1 saturated heterocycles. The van der Waals surface area contributed by atoms with Crippen LogP contribution in [0.2, 0.25) is 5.02 Å². The fourth-order valence-corrected chi connectivity index (χ4v) is 4.01. The van der Waals surface area contributed by atoms with Crippen LogP contribution in [0.3, 0.4) is 0 Å². The summed E-state index contributed by atoms with van der Waals surface area (Å²) >= 11 is 7.14. The highest BCUT2D eigenvalue weighted by Crippen LogP contribution is 2.20. The Labute approximate surface area is 187 Å². The SMILES string of the molecule is O=C(CSCC(=O)N1CCN(C(=O)c2ccc(F)cc2Cl)CC1)Nc1ccc(F)cc1. The van der Waals surface area contributed by atoms with Crippen molar-refractivity contribution in [3.63, 3.8) is 0 Å². The predicted octanol–water partition coefficient (Wildman–Crippen LogP) is 3.27. The molecule has 0 radical (unpaired) electrons. The Kier molecular flexibility index (Phi) is 7.86. The van der Waals surface area contributed by atoms with Crippen molar-refractivity contribution in [2.75, 3.05) is 43.0 Å². The molecule has 0 saturated carbocycles. The van der Waals surface area contributed by atoms with E-state index in [4.69, 9.17) is 11.6 Å².